The minimum absolute atomic E-state index is 0.176. The van der Waals surface area contributed by atoms with Gasteiger partial charge in [0.25, 0.3) is 0 Å². The molecule has 1 aliphatic heterocycles. The second kappa shape index (κ2) is 3.93. The van der Waals surface area contributed by atoms with Crippen LogP contribution in [-0.2, 0) is 0 Å². The van der Waals surface area contributed by atoms with E-state index in [0.717, 1.165) is 11.3 Å². The zero-order valence-corrected chi connectivity index (χ0v) is 9.27. The summed E-state index contributed by atoms with van der Waals surface area (Å²) in [5, 5.41) is 13.2. The van der Waals surface area contributed by atoms with Gasteiger partial charge in [0.1, 0.15) is 0 Å². The van der Waals surface area contributed by atoms with Gasteiger partial charge in [-0.3, -0.25) is 0 Å². The number of hydrogen-bond donors (Lipinski definition) is 2. The van der Waals surface area contributed by atoms with Crippen molar-refractivity contribution in [2.24, 2.45) is 0 Å². The standard InChI is InChI=1S/C11H15NOS/c1-7-3-4-8-10(5-7)14-6-9(12-2)11(8)13/h3-5,9,11-13H,6H2,1-2H3. The average Bonchev–Trinajstić information content (AvgIpc) is 2.18. The Morgan fingerprint density at radius 1 is 1.50 bits per heavy atom. The number of rotatable bonds is 1. The van der Waals surface area contributed by atoms with Crippen molar-refractivity contribution >= 4 is 11.8 Å². The van der Waals surface area contributed by atoms with Crippen molar-refractivity contribution in [1.82, 2.24) is 5.32 Å². The summed E-state index contributed by atoms with van der Waals surface area (Å²) in [5.74, 6) is 0.939. The van der Waals surface area contributed by atoms with Gasteiger partial charge >= 0.3 is 0 Å². The largest absolute Gasteiger partial charge is 0.387 e. The fourth-order valence-corrected chi connectivity index (χ4v) is 3.07. The van der Waals surface area contributed by atoms with Gasteiger partial charge in [0.15, 0.2) is 0 Å². The lowest BCUT2D eigenvalue weighted by Gasteiger charge is -2.29. The molecule has 0 bridgehead atoms. The molecule has 0 spiro atoms. The highest BCUT2D eigenvalue weighted by Crippen LogP contribution is 2.36. The molecule has 1 aromatic rings. The predicted molar refractivity (Wildman–Crippen MR) is 59.7 cm³/mol. The third kappa shape index (κ3) is 1.67. The lowest BCUT2D eigenvalue weighted by atomic mass is 10.0. The highest BCUT2D eigenvalue weighted by atomic mass is 32.2. The number of aryl methyl sites for hydroxylation is 1. The van der Waals surface area contributed by atoms with Crippen LogP contribution in [0.25, 0.3) is 0 Å². The molecule has 0 saturated heterocycles. The molecular formula is C11H15NOS. The highest BCUT2D eigenvalue weighted by Gasteiger charge is 2.26. The Hall–Kier alpha value is -0.510. The summed E-state index contributed by atoms with van der Waals surface area (Å²) in [4.78, 5) is 1.23. The third-order valence-corrected chi connectivity index (χ3v) is 3.85. The Bertz CT molecular complexity index is 340. The Labute approximate surface area is 88.7 Å². The molecule has 1 heterocycles. The van der Waals surface area contributed by atoms with Crippen molar-refractivity contribution in [1.29, 1.82) is 0 Å². The molecule has 2 N–H and O–H groups in total. The third-order valence-electron chi connectivity index (χ3n) is 2.66. The van der Waals surface area contributed by atoms with E-state index in [-0.39, 0.29) is 12.1 Å². The summed E-state index contributed by atoms with van der Waals surface area (Å²) in [6.07, 6.45) is -0.364. The van der Waals surface area contributed by atoms with Crippen LogP contribution in [0, 0.1) is 6.92 Å². The molecule has 0 radical (unpaired) electrons. The minimum atomic E-state index is -0.364. The number of aliphatic hydroxyl groups excluding tert-OH is 1. The number of fused-ring (bicyclic) bond motifs is 1. The molecule has 0 aliphatic carbocycles. The van der Waals surface area contributed by atoms with E-state index in [1.807, 2.05) is 24.9 Å². The van der Waals surface area contributed by atoms with E-state index in [0.29, 0.717) is 0 Å². The van der Waals surface area contributed by atoms with Crippen molar-refractivity contribution < 1.29 is 5.11 Å². The van der Waals surface area contributed by atoms with Crippen molar-refractivity contribution in [3.63, 3.8) is 0 Å². The van der Waals surface area contributed by atoms with E-state index < -0.39 is 0 Å². The van der Waals surface area contributed by atoms with Crippen LogP contribution in [-0.4, -0.2) is 23.9 Å². The molecule has 0 fully saturated rings. The lowest BCUT2D eigenvalue weighted by Crippen LogP contribution is -2.36. The van der Waals surface area contributed by atoms with Gasteiger partial charge in [0.2, 0.25) is 0 Å². The Morgan fingerprint density at radius 2 is 2.29 bits per heavy atom. The van der Waals surface area contributed by atoms with E-state index in [4.69, 9.17) is 0 Å². The van der Waals surface area contributed by atoms with Crippen molar-refractivity contribution in [2.75, 3.05) is 12.8 Å². The number of hydrogen-bond acceptors (Lipinski definition) is 3. The van der Waals surface area contributed by atoms with Crippen LogP contribution in [0.3, 0.4) is 0 Å². The fraction of sp³-hybridized carbons (Fsp3) is 0.455. The maximum atomic E-state index is 10.0. The normalized spacial score (nSPS) is 25.9. The predicted octanol–water partition coefficient (Wildman–Crippen LogP) is 1.72. The molecule has 14 heavy (non-hydrogen) atoms. The van der Waals surface area contributed by atoms with Gasteiger partial charge in [-0.1, -0.05) is 12.1 Å². The van der Waals surface area contributed by atoms with Crippen LogP contribution in [0.5, 0.6) is 0 Å². The summed E-state index contributed by atoms with van der Waals surface area (Å²) < 4.78 is 0. The number of benzene rings is 1. The van der Waals surface area contributed by atoms with Crippen LogP contribution in [0.2, 0.25) is 0 Å². The fourth-order valence-electron chi connectivity index (χ4n) is 1.74. The van der Waals surface area contributed by atoms with E-state index in [1.54, 1.807) is 0 Å². The van der Waals surface area contributed by atoms with E-state index >= 15 is 0 Å². The van der Waals surface area contributed by atoms with E-state index in [9.17, 15) is 5.11 Å². The molecule has 76 valence electrons. The first-order valence-corrected chi connectivity index (χ1v) is 5.79. The number of aliphatic hydroxyl groups is 1. The Kier molecular flexibility index (Phi) is 2.81. The SMILES string of the molecule is CNC1CSc2cc(C)ccc2C1O. The van der Waals surface area contributed by atoms with Gasteiger partial charge in [-0.15, -0.1) is 11.8 Å². The maximum absolute atomic E-state index is 10.0. The van der Waals surface area contributed by atoms with Gasteiger partial charge in [-0.2, -0.15) is 0 Å². The van der Waals surface area contributed by atoms with Crippen molar-refractivity contribution in [2.45, 2.75) is 24.0 Å². The molecule has 0 amide bonds. The van der Waals surface area contributed by atoms with Crippen LogP contribution < -0.4 is 5.32 Å². The number of nitrogens with one attached hydrogen (secondary N) is 1. The quantitative estimate of drug-likeness (QED) is 0.738. The first kappa shape index (κ1) is 10.0. The number of likely N-dealkylation sites (N-methyl/N-ethyl adjacent to an activating group) is 1. The monoisotopic (exact) mass is 209 g/mol. The van der Waals surface area contributed by atoms with Gasteiger partial charge in [0.05, 0.1) is 6.10 Å². The highest BCUT2D eigenvalue weighted by molar-refractivity contribution is 7.99. The van der Waals surface area contributed by atoms with Gasteiger partial charge in [-0.05, 0) is 31.2 Å². The Morgan fingerprint density at radius 3 is 3.00 bits per heavy atom. The topological polar surface area (TPSA) is 32.3 Å². The molecular weight excluding hydrogens is 194 g/mol. The van der Waals surface area contributed by atoms with Crippen molar-refractivity contribution in [3.05, 3.63) is 29.3 Å². The first-order chi connectivity index (χ1) is 6.72. The zero-order valence-electron chi connectivity index (χ0n) is 8.45. The second-order valence-electron chi connectivity index (χ2n) is 3.69. The maximum Gasteiger partial charge on any atom is 0.0961 e. The van der Waals surface area contributed by atoms with Crippen LogP contribution in [0.1, 0.15) is 17.2 Å². The zero-order chi connectivity index (χ0) is 10.1. The Balaban J connectivity index is 2.36. The molecule has 1 aliphatic rings. The van der Waals surface area contributed by atoms with Crippen LogP contribution >= 0.6 is 11.8 Å². The summed E-state index contributed by atoms with van der Waals surface area (Å²) in [5.41, 5.74) is 2.32. The molecule has 2 nitrogen and oxygen atoms in total. The van der Waals surface area contributed by atoms with Crippen LogP contribution in [0.15, 0.2) is 23.1 Å². The molecule has 2 atom stereocenters. The first-order valence-electron chi connectivity index (χ1n) is 4.81. The lowest BCUT2D eigenvalue weighted by molar-refractivity contribution is 0.137. The summed E-state index contributed by atoms with van der Waals surface area (Å²) in [6.45, 7) is 2.08. The molecule has 2 rings (SSSR count). The molecule has 3 heteroatoms. The average molecular weight is 209 g/mol. The van der Waals surface area contributed by atoms with Crippen molar-refractivity contribution in [3.8, 4) is 0 Å². The smallest absolute Gasteiger partial charge is 0.0961 e. The van der Waals surface area contributed by atoms with Gasteiger partial charge in [0, 0.05) is 16.7 Å². The molecule has 0 aromatic heterocycles. The summed E-state index contributed by atoms with van der Waals surface area (Å²) in [6, 6.07) is 6.41. The summed E-state index contributed by atoms with van der Waals surface area (Å²) >= 11 is 1.82. The summed E-state index contributed by atoms with van der Waals surface area (Å²) in [7, 11) is 1.90. The van der Waals surface area contributed by atoms with E-state index in [2.05, 4.69) is 24.4 Å². The van der Waals surface area contributed by atoms with Gasteiger partial charge < -0.3 is 10.4 Å². The van der Waals surface area contributed by atoms with E-state index in [1.165, 1.54) is 10.5 Å². The minimum Gasteiger partial charge on any atom is -0.387 e. The molecule has 0 saturated carbocycles. The van der Waals surface area contributed by atoms with Gasteiger partial charge in [-0.25, -0.2) is 0 Å². The second-order valence-corrected chi connectivity index (χ2v) is 4.75. The molecule has 2 unspecified atom stereocenters. The van der Waals surface area contributed by atoms with Crippen LogP contribution in [0.4, 0.5) is 0 Å². The number of thioether (sulfide) groups is 1. The molecule has 1 aromatic carbocycles.